The summed E-state index contributed by atoms with van der Waals surface area (Å²) < 4.78 is 5.11. The van der Waals surface area contributed by atoms with E-state index in [-0.39, 0.29) is 17.7 Å². The van der Waals surface area contributed by atoms with Crippen molar-refractivity contribution in [3.8, 4) is 0 Å². The Bertz CT molecular complexity index is 827. The van der Waals surface area contributed by atoms with Crippen LogP contribution in [0.1, 0.15) is 40.6 Å². The zero-order chi connectivity index (χ0) is 19.4. The molecular weight excluding hydrogens is 407 g/mol. The van der Waals surface area contributed by atoms with Crippen molar-refractivity contribution in [2.45, 2.75) is 31.3 Å². The molecule has 0 radical (unpaired) electrons. The van der Waals surface area contributed by atoms with Crippen molar-refractivity contribution in [2.24, 2.45) is 0 Å². The number of carbonyl (C=O) groups excluding carboxylic acids is 2. The van der Waals surface area contributed by atoms with Crippen LogP contribution >= 0.6 is 35.0 Å². The molecule has 0 aliphatic heterocycles. The van der Waals surface area contributed by atoms with Gasteiger partial charge in [-0.2, -0.15) is 11.8 Å². The van der Waals surface area contributed by atoms with Crippen LogP contribution in [-0.4, -0.2) is 29.9 Å². The maximum absolute atomic E-state index is 12.8. The minimum atomic E-state index is -0.637. The summed E-state index contributed by atoms with van der Waals surface area (Å²) in [6.45, 7) is 0. The molecule has 1 heterocycles. The Morgan fingerprint density at radius 3 is 2.85 bits per heavy atom. The van der Waals surface area contributed by atoms with Crippen molar-refractivity contribution in [3.63, 3.8) is 0 Å². The van der Waals surface area contributed by atoms with Crippen LogP contribution in [0.3, 0.4) is 0 Å². The largest absolute Gasteiger partial charge is 0.459 e. The minimum Gasteiger partial charge on any atom is -0.459 e. The second-order valence-electron chi connectivity index (χ2n) is 6.31. The Balaban J connectivity index is 1.70. The summed E-state index contributed by atoms with van der Waals surface area (Å²) in [6, 6.07) is 6.08. The molecule has 5 nitrogen and oxygen atoms in total. The SMILES string of the molecule is CSCCC(NC(=O)c1ccco1)C(=O)NC1CCc2c1ccc(Cl)c2Cl. The zero-order valence-electron chi connectivity index (χ0n) is 14.8. The first-order chi connectivity index (χ1) is 13.0. The van der Waals surface area contributed by atoms with Crippen molar-refractivity contribution in [1.82, 2.24) is 10.6 Å². The summed E-state index contributed by atoms with van der Waals surface area (Å²) in [5, 5.41) is 6.88. The number of hydrogen-bond acceptors (Lipinski definition) is 4. The molecule has 8 heteroatoms. The van der Waals surface area contributed by atoms with Crippen LogP contribution in [0.5, 0.6) is 0 Å². The van der Waals surface area contributed by atoms with Gasteiger partial charge in [-0.15, -0.1) is 0 Å². The van der Waals surface area contributed by atoms with Gasteiger partial charge in [-0.1, -0.05) is 29.3 Å². The number of carbonyl (C=O) groups is 2. The Morgan fingerprint density at radius 1 is 1.33 bits per heavy atom. The van der Waals surface area contributed by atoms with Gasteiger partial charge < -0.3 is 15.1 Å². The van der Waals surface area contributed by atoms with Crippen molar-refractivity contribution in [3.05, 3.63) is 57.5 Å². The van der Waals surface area contributed by atoms with Crippen molar-refractivity contribution >= 4 is 46.8 Å². The number of fused-ring (bicyclic) bond motifs is 1. The molecule has 1 aromatic carbocycles. The number of amides is 2. The molecule has 0 bridgehead atoms. The maximum atomic E-state index is 12.8. The Morgan fingerprint density at radius 2 is 2.15 bits per heavy atom. The lowest BCUT2D eigenvalue weighted by Crippen LogP contribution is -2.47. The van der Waals surface area contributed by atoms with Gasteiger partial charge in [-0.3, -0.25) is 9.59 Å². The molecule has 2 atom stereocenters. The maximum Gasteiger partial charge on any atom is 0.287 e. The first-order valence-corrected chi connectivity index (χ1v) is 10.8. The smallest absolute Gasteiger partial charge is 0.287 e. The first-order valence-electron chi connectivity index (χ1n) is 8.61. The van der Waals surface area contributed by atoms with Crippen LogP contribution in [0.15, 0.2) is 34.9 Å². The number of benzene rings is 1. The van der Waals surface area contributed by atoms with E-state index in [0.717, 1.165) is 29.7 Å². The number of halogens is 2. The van der Waals surface area contributed by atoms with Crippen LogP contribution in [0.4, 0.5) is 0 Å². The molecule has 27 heavy (non-hydrogen) atoms. The first kappa shape index (κ1) is 20.1. The van der Waals surface area contributed by atoms with E-state index in [4.69, 9.17) is 27.6 Å². The summed E-state index contributed by atoms with van der Waals surface area (Å²) in [6.07, 6.45) is 5.43. The van der Waals surface area contributed by atoms with Gasteiger partial charge in [0.05, 0.1) is 22.4 Å². The highest BCUT2D eigenvalue weighted by molar-refractivity contribution is 7.98. The second-order valence-corrected chi connectivity index (χ2v) is 8.08. The average Bonchev–Trinajstić information content (AvgIpc) is 3.32. The Hall–Kier alpha value is -1.63. The van der Waals surface area contributed by atoms with E-state index in [9.17, 15) is 9.59 Å². The number of thioether (sulfide) groups is 1. The van der Waals surface area contributed by atoms with Gasteiger partial charge in [0.25, 0.3) is 5.91 Å². The molecule has 1 aromatic heterocycles. The molecule has 0 fully saturated rings. The van der Waals surface area contributed by atoms with Crippen LogP contribution in [0, 0.1) is 0 Å². The number of rotatable bonds is 7. The monoisotopic (exact) mass is 426 g/mol. The van der Waals surface area contributed by atoms with E-state index in [1.54, 1.807) is 30.0 Å². The van der Waals surface area contributed by atoms with Crippen molar-refractivity contribution in [2.75, 3.05) is 12.0 Å². The molecule has 3 rings (SSSR count). The number of furan rings is 1. The molecular formula is C19H20Cl2N2O3S. The Labute approximate surface area is 172 Å². The molecule has 2 aromatic rings. The van der Waals surface area contributed by atoms with Crippen molar-refractivity contribution in [1.29, 1.82) is 0 Å². The van der Waals surface area contributed by atoms with Gasteiger partial charge in [0.2, 0.25) is 5.91 Å². The van der Waals surface area contributed by atoms with E-state index in [1.807, 2.05) is 12.3 Å². The fourth-order valence-electron chi connectivity index (χ4n) is 3.20. The summed E-state index contributed by atoms with van der Waals surface area (Å²) in [5.41, 5.74) is 1.97. The summed E-state index contributed by atoms with van der Waals surface area (Å²) in [7, 11) is 0. The van der Waals surface area contributed by atoms with Gasteiger partial charge in [0.15, 0.2) is 5.76 Å². The predicted octanol–water partition coefficient (Wildman–Crippen LogP) is 4.24. The third-order valence-electron chi connectivity index (χ3n) is 4.58. The fourth-order valence-corrected chi connectivity index (χ4v) is 4.11. The lowest BCUT2D eigenvalue weighted by atomic mass is 10.1. The van der Waals surface area contributed by atoms with Crippen LogP contribution in [0.2, 0.25) is 10.0 Å². The number of nitrogens with one attached hydrogen (secondary N) is 2. The standard InChI is InChI=1S/C19H20Cl2N2O3S/c1-27-10-8-15(23-19(25)16-3-2-9-26-16)18(24)22-14-7-5-12-11(14)4-6-13(20)17(12)21/h2-4,6,9,14-15H,5,7-8,10H2,1H3,(H,22,24)(H,23,25). The normalized spacial score (nSPS) is 16.6. The third-order valence-corrected chi connectivity index (χ3v) is 6.07. The molecule has 2 N–H and O–H groups in total. The molecule has 0 saturated carbocycles. The van der Waals surface area contributed by atoms with E-state index < -0.39 is 11.9 Å². The molecule has 1 aliphatic rings. The third kappa shape index (κ3) is 4.62. The number of hydrogen-bond donors (Lipinski definition) is 2. The van der Waals surface area contributed by atoms with Gasteiger partial charge >= 0.3 is 0 Å². The zero-order valence-corrected chi connectivity index (χ0v) is 17.1. The van der Waals surface area contributed by atoms with E-state index in [0.29, 0.717) is 16.5 Å². The van der Waals surface area contributed by atoms with Crippen LogP contribution in [-0.2, 0) is 11.2 Å². The van der Waals surface area contributed by atoms with Gasteiger partial charge in [-0.25, -0.2) is 0 Å². The molecule has 1 aliphatic carbocycles. The van der Waals surface area contributed by atoms with E-state index in [1.165, 1.54) is 6.26 Å². The lowest BCUT2D eigenvalue weighted by Gasteiger charge is -2.21. The molecule has 0 saturated heterocycles. The van der Waals surface area contributed by atoms with Gasteiger partial charge in [0, 0.05) is 0 Å². The second kappa shape index (κ2) is 9.04. The highest BCUT2D eigenvalue weighted by Gasteiger charge is 2.30. The van der Waals surface area contributed by atoms with Gasteiger partial charge in [-0.05, 0) is 60.6 Å². The predicted molar refractivity (Wildman–Crippen MR) is 109 cm³/mol. The van der Waals surface area contributed by atoms with E-state index in [2.05, 4.69) is 10.6 Å². The minimum absolute atomic E-state index is 0.139. The van der Waals surface area contributed by atoms with Crippen LogP contribution < -0.4 is 10.6 Å². The lowest BCUT2D eigenvalue weighted by molar-refractivity contribution is -0.123. The molecule has 0 spiro atoms. The highest BCUT2D eigenvalue weighted by Crippen LogP contribution is 2.39. The van der Waals surface area contributed by atoms with E-state index >= 15 is 0 Å². The average molecular weight is 427 g/mol. The van der Waals surface area contributed by atoms with Gasteiger partial charge in [0.1, 0.15) is 6.04 Å². The molecule has 144 valence electrons. The molecule has 2 amide bonds. The fraction of sp³-hybridized carbons (Fsp3) is 0.368. The van der Waals surface area contributed by atoms with Crippen molar-refractivity contribution < 1.29 is 14.0 Å². The summed E-state index contributed by atoms with van der Waals surface area (Å²) in [4.78, 5) is 25.1. The summed E-state index contributed by atoms with van der Waals surface area (Å²) >= 11 is 14.0. The topological polar surface area (TPSA) is 71.3 Å². The van der Waals surface area contributed by atoms with Crippen LogP contribution in [0.25, 0.3) is 0 Å². The quantitative estimate of drug-likeness (QED) is 0.694. The summed E-state index contributed by atoms with van der Waals surface area (Å²) in [5.74, 6) is 0.319. The Kier molecular flexibility index (Phi) is 6.73. The highest BCUT2D eigenvalue weighted by atomic mass is 35.5. The molecule has 2 unspecified atom stereocenters.